The standard InChI is InChI=1S/C6H12O3/c1-5(2)3-4-6(7,8)9/h7-9H,1,3-4H2,2H3. The van der Waals surface area contributed by atoms with E-state index in [1.807, 2.05) is 0 Å². The van der Waals surface area contributed by atoms with Crippen molar-refractivity contribution in [3.8, 4) is 0 Å². The van der Waals surface area contributed by atoms with Gasteiger partial charge in [0.15, 0.2) is 0 Å². The molecule has 0 aliphatic carbocycles. The van der Waals surface area contributed by atoms with Crippen LogP contribution < -0.4 is 0 Å². The summed E-state index contributed by atoms with van der Waals surface area (Å²) in [6.45, 7) is 5.28. The SMILES string of the molecule is C=C(C)CCC(O)(O)O. The lowest BCUT2D eigenvalue weighted by Crippen LogP contribution is -2.26. The van der Waals surface area contributed by atoms with E-state index in [-0.39, 0.29) is 6.42 Å². The Kier molecular flexibility index (Phi) is 2.84. The predicted molar refractivity (Wildman–Crippen MR) is 33.4 cm³/mol. The van der Waals surface area contributed by atoms with Crippen molar-refractivity contribution in [1.29, 1.82) is 0 Å². The minimum Gasteiger partial charge on any atom is -0.344 e. The summed E-state index contributed by atoms with van der Waals surface area (Å²) >= 11 is 0. The number of hydrogen-bond donors (Lipinski definition) is 3. The minimum absolute atomic E-state index is 0.0810. The first kappa shape index (κ1) is 8.62. The van der Waals surface area contributed by atoms with Crippen LogP contribution in [0.2, 0.25) is 0 Å². The van der Waals surface area contributed by atoms with E-state index in [0.29, 0.717) is 6.42 Å². The van der Waals surface area contributed by atoms with Gasteiger partial charge in [-0.25, -0.2) is 0 Å². The van der Waals surface area contributed by atoms with Crippen LogP contribution in [0.3, 0.4) is 0 Å². The molecule has 0 heterocycles. The molecule has 0 bridgehead atoms. The number of rotatable bonds is 3. The maximum absolute atomic E-state index is 8.34. The van der Waals surface area contributed by atoms with E-state index in [0.717, 1.165) is 5.57 Å². The van der Waals surface area contributed by atoms with Gasteiger partial charge < -0.3 is 15.3 Å². The molecule has 0 aromatic rings. The Morgan fingerprint density at radius 2 is 1.89 bits per heavy atom. The Balaban J connectivity index is 3.39. The van der Waals surface area contributed by atoms with Gasteiger partial charge in [-0.1, -0.05) is 5.57 Å². The summed E-state index contributed by atoms with van der Waals surface area (Å²) in [5.41, 5.74) is 0.816. The molecule has 0 fully saturated rings. The van der Waals surface area contributed by atoms with Crippen LogP contribution in [-0.2, 0) is 0 Å². The Bertz CT molecular complexity index is 101. The third-order valence-corrected chi connectivity index (χ3v) is 0.887. The third-order valence-electron chi connectivity index (χ3n) is 0.887. The molecule has 0 saturated heterocycles. The summed E-state index contributed by atoms with van der Waals surface area (Å²) in [5, 5.41) is 25.0. The van der Waals surface area contributed by atoms with Crippen LogP contribution in [0, 0.1) is 0 Å². The van der Waals surface area contributed by atoms with Gasteiger partial charge in [0, 0.05) is 6.42 Å². The number of allylic oxidation sites excluding steroid dienone is 1. The van der Waals surface area contributed by atoms with Crippen LogP contribution in [0.1, 0.15) is 19.8 Å². The molecule has 3 N–H and O–H groups in total. The summed E-state index contributed by atoms with van der Waals surface area (Å²) in [4.78, 5) is 0. The van der Waals surface area contributed by atoms with Gasteiger partial charge in [-0.3, -0.25) is 0 Å². The zero-order valence-corrected chi connectivity index (χ0v) is 5.46. The molecule has 3 heteroatoms. The molecule has 0 radical (unpaired) electrons. The van der Waals surface area contributed by atoms with Crippen molar-refractivity contribution in [2.24, 2.45) is 0 Å². The van der Waals surface area contributed by atoms with Crippen molar-refractivity contribution in [3.63, 3.8) is 0 Å². The lowest BCUT2D eigenvalue weighted by atomic mass is 10.2. The fraction of sp³-hybridized carbons (Fsp3) is 0.667. The van der Waals surface area contributed by atoms with E-state index in [4.69, 9.17) is 15.3 Å². The van der Waals surface area contributed by atoms with Crippen molar-refractivity contribution in [2.45, 2.75) is 25.7 Å². The van der Waals surface area contributed by atoms with Crippen LogP contribution in [0.15, 0.2) is 12.2 Å². The van der Waals surface area contributed by atoms with E-state index in [1.54, 1.807) is 6.92 Å². The van der Waals surface area contributed by atoms with E-state index < -0.39 is 5.97 Å². The highest BCUT2D eigenvalue weighted by atomic mass is 16.7. The van der Waals surface area contributed by atoms with Gasteiger partial charge in [-0.2, -0.15) is 0 Å². The highest BCUT2D eigenvalue weighted by molar-refractivity contribution is 4.87. The Morgan fingerprint density at radius 3 is 2.00 bits per heavy atom. The first-order chi connectivity index (χ1) is 3.92. The smallest absolute Gasteiger partial charge is 0.275 e. The van der Waals surface area contributed by atoms with Crippen LogP contribution in [0.5, 0.6) is 0 Å². The van der Waals surface area contributed by atoms with Gasteiger partial charge in [0.05, 0.1) is 0 Å². The first-order valence-electron chi connectivity index (χ1n) is 2.73. The highest BCUT2D eigenvalue weighted by Crippen LogP contribution is 2.08. The van der Waals surface area contributed by atoms with E-state index in [2.05, 4.69) is 6.58 Å². The molecule has 9 heavy (non-hydrogen) atoms. The van der Waals surface area contributed by atoms with Gasteiger partial charge >= 0.3 is 0 Å². The average Bonchev–Trinajstić information content (AvgIpc) is 1.59. The minimum atomic E-state index is -2.53. The van der Waals surface area contributed by atoms with Crippen LogP contribution >= 0.6 is 0 Å². The predicted octanol–water partition coefficient (Wildman–Crippen LogP) is -0.0266. The van der Waals surface area contributed by atoms with Crippen molar-refractivity contribution in [2.75, 3.05) is 0 Å². The largest absolute Gasteiger partial charge is 0.344 e. The van der Waals surface area contributed by atoms with Crippen molar-refractivity contribution >= 4 is 0 Å². The van der Waals surface area contributed by atoms with Crippen LogP contribution in [0.25, 0.3) is 0 Å². The Hall–Kier alpha value is -0.380. The summed E-state index contributed by atoms with van der Waals surface area (Å²) < 4.78 is 0. The lowest BCUT2D eigenvalue weighted by Gasteiger charge is -2.12. The molecule has 0 saturated carbocycles. The van der Waals surface area contributed by atoms with Crippen LogP contribution in [-0.4, -0.2) is 21.3 Å². The Morgan fingerprint density at radius 1 is 1.44 bits per heavy atom. The quantitative estimate of drug-likeness (QED) is 0.373. The molecule has 0 rings (SSSR count). The molecular formula is C6H12O3. The molecule has 0 aromatic heterocycles. The number of aliphatic hydroxyl groups is 3. The normalized spacial score (nSPS) is 11.6. The monoisotopic (exact) mass is 132 g/mol. The maximum atomic E-state index is 8.34. The zero-order valence-electron chi connectivity index (χ0n) is 5.46. The van der Waals surface area contributed by atoms with Gasteiger partial charge in [-0.15, -0.1) is 6.58 Å². The third kappa shape index (κ3) is 7.62. The Labute approximate surface area is 54.3 Å². The molecule has 0 spiro atoms. The lowest BCUT2D eigenvalue weighted by molar-refractivity contribution is -0.314. The van der Waals surface area contributed by atoms with Crippen molar-refractivity contribution < 1.29 is 15.3 Å². The second-order valence-corrected chi connectivity index (χ2v) is 2.23. The van der Waals surface area contributed by atoms with Gasteiger partial charge in [0.1, 0.15) is 0 Å². The van der Waals surface area contributed by atoms with E-state index in [9.17, 15) is 0 Å². The van der Waals surface area contributed by atoms with Crippen molar-refractivity contribution in [3.05, 3.63) is 12.2 Å². The molecule has 54 valence electrons. The molecule has 0 unspecified atom stereocenters. The van der Waals surface area contributed by atoms with Gasteiger partial charge in [-0.05, 0) is 13.3 Å². The topological polar surface area (TPSA) is 60.7 Å². The molecule has 0 aliphatic heterocycles. The molecular weight excluding hydrogens is 120 g/mol. The van der Waals surface area contributed by atoms with E-state index >= 15 is 0 Å². The molecule has 0 aromatic carbocycles. The first-order valence-corrected chi connectivity index (χ1v) is 2.73. The highest BCUT2D eigenvalue weighted by Gasteiger charge is 2.16. The van der Waals surface area contributed by atoms with Gasteiger partial charge in [0.2, 0.25) is 0 Å². The zero-order chi connectivity index (χ0) is 7.49. The molecule has 0 amide bonds. The van der Waals surface area contributed by atoms with E-state index in [1.165, 1.54) is 0 Å². The summed E-state index contributed by atoms with van der Waals surface area (Å²) in [6.07, 6.45) is 0.339. The van der Waals surface area contributed by atoms with Gasteiger partial charge in [0.25, 0.3) is 5.97 Å². The molecule has 3 nitrogen and oxygen atoms in total. The second-order valence-electron chi connectivity index (χ2n) is 2.23. The summed E-state index contributed by atoms with van der Waals surface area (Å²) in [7, 11) is 0. The molecule has 0 atom stereocenters. The summed E-state index contributed by atoms with van der Waals surface area (Å²) in [5.74, 6) is -2.53. The second kappa shape index (κ2) is 2.96. The fourth-order valence-corrected chi connectivity index (χ4v) is 0.381. The molecule has 0 aliphatic rings. The van der Waals surface area contributed by atoms with Crippen molar-refractivity contribution in [1.82, 2.24) is 0 Å². The summed E-state index contributed by atoms with van der Waals surface area (Å²) in [6, 6.07) is 0. The maximum Gasteiger partial charge on any atom is 0.275 e. The fourth-order valence-electron chi connectivity index (χ4n) is 0.381. The number of hydrogen-bond acceptors (Lipinski definition) is 3. The van der Waals surface area contributed by atoms with Crippen LogP contribution in [0.4, 0.5) is 0 Å². The average molecular weight is 132 g/mol.